The molecule has 0 aliphatic rings. The Kier molecular flexibility index (Phi) is 4.38. The van der Waals surface area contributed by atoms with Crippen LogP contribution in [0.1, 0.15) is 38.8 Å². The molecular formula is C17H23N3. The monoisotopic (exact) mass is 269 g/mol. The van der Waals surface area contributed by atoms with Crippen molar-refractivity contribution in [2.45, 2.75) is 45.6 Å². The maximum absolute atomic E-state index is 4.18. The van der Waals surface area contributed by atoms with Gasteiger partial charge in [0.05, 0.1) is 0 Å². The Morgan fingerprint density at radius 2 is 1.65 bits per heavy atom. The Bertz CT molecular complexity index is 526. The zero-order valence-corrected chi connectivity index (χ0v) is 12.7. The highest BCUT2D eigenvalue weighted by Crippen LogP contribution is 2.22. The normalized spacial score (nSPS) is 13.0. The SMILES string of the molecule is CC(Cc1ccc(C(C)(C)C)cc1)Nc1ncccn1. The summed E-state index contributed by atoms with van der Waals surface area (Å²) in [5.41, 5.74) is 2.91. The molecule has 1 aromatic carbocycles. The molecule has 0 amide bonds. The molecule has 0 aliphatic heterocycles. The molecule has 3 heteroatoms. The van der Waals surface area contributed by atoms with E-state index in [1.807, 2.05) is 6.07 Å². The largest absolute Gasteiger partial charge is 0.351 e. The highest BCUT2D eigenvalue weighted by atomic mass is 15.1. The van der Waals surface area contributed by atoms with E-state index >= 15 is 0 Å². The van der Waals surface area contributed by atoms with Crippen LogP contribution < -0.4 is 5.32 Å². The lowest BCUT2D eigenvalue weighted by atomic mass is 9.86. The predicted octanol–water partition coefficient (Wildman–Crippen LogP) is 3.82. The zero-order chi connectivity index (χ0) is 14.6. The second-order valence-corrected chi connectivity index (χ2v) is 6.27. The van der Waals surface area contributed by atoms with Gasteiger partial charge in [-0.3, -0.25) is 0 Å². The smallest absolute Gasteiger partial charge is 0.222 e. The van der Waals surface area contributed by atoms with Crippen LogP contribution in [0.2, 0.25) is 0 Å². The summed E-state index contributed by atoms with van der Waals surface area (Å²) in [6.45, 7) is 8.85. The molecule has 1 atom stereocenters. The summed E-state index contributed by atoms with van der Waals surface area (Å²) in [4.78, 5) is 8.37. The summed E-state index contributed by atoms with van der Waals surface area (Å²) in [5.74, 6) is 0.686. The number of anilines is 1. The number of benzene rings is 1. The van der Waals surface area contributed by atoms with Gasteiger partial charge in [-0.1, -0.05) is 45.0 Å². The van der Waals surface area contributed by atoms with E-state index < -0.39 is 0 Å². The molecule has 0 saturated carbocycles. The fourth-order valence-corrected chi connectivity index (χ4v) is 2.14. The van der Waals surface area contributed by atoms with Crippen LogP contribution in [0.5, 0.6) is 0 Å². The third-order valence-corrected chi connectivity index (χ3v) is 3.30. The molecule has 2 rings (SSSR count). The summed E-state index contributed by atoms with van der Waals surface area (Å²) in [7, 11) is 0. The number of nitrogens with one attached hydrogen (secondary N) is 1. The van der Waals surface area contributed by atoms with Crippen molar-refractivity contribution in [3.8, 4) is 0 Å². The van der Waals surface area contributed by atoms with Crippen LogP contribution in [0.25, 0.3) is 0 Å². The van der Waals surface area contributed by atoms with Crippen LogP contribution in [0.4, 0.5) is 5.95 Å². The summed E-state index contributed by atoms with van der Waals surface area (Å²) in [6.07, 6.45) is 4.46. The zero-order valence-electron chi connectivity index (χ0n) is 12.7. The first kappa shape index (κ1) is 14.5. The van der Waals surface area contributed by atoms with Gasteiger partial charge >= 0.3 is 0 Å². The van der Waals surface area contributed by atoms with Gasteiger partial charge in [0.25, 0.3) is 0 Å². The maximum atomic E-state index is 4.18. The van der Waals surface area contributed by atoms with Gasteiger partial charge in [-0.05, 0) is 36.0 Å². The first-order valence-corrected chi connectivity index (χ1v) is 7.08. The van der Waals surface area contributed by atoms with E-state index in [4.69, 9.17) is 0 Å². The minimum Gasteiger partial charge on any atom is -0.351 e. The molecule has 1 N–H and O–H groups in total. The van der Waals surface area contributed by atoms with Crippen molar-refractivity contribution in [3.63, 3.8) is 0 Å². The van der Waals surface area contributed by atoms with Crippen LogP contribution in [0.15, 0.2) is 42.7 Å². The molecule has 0 spiro atoms. The van der Waals surface area contributed by atoms with Gasteiger partial charge in [-0.15, -0.1) is 0 Å². The maximum Gasteiger partial charge on any atom is 0.222 e. The van der Waals surface area contributed by atoms with Crippen LogP contribution in [0.3, 0.4) is 0 Å². The van der Waals surface area contributed by atoms with Crippen LogP contribution in [-0.2, 0) is 11.8 Å². The molecule has 0 saturated heterocycles. The van der Waals surface area contributed by atoms with E-state index in [9.17, 15) is 0 Å². The fraction of sp³-hybridized carbons (Fsp3) is 0.412. The minimum atomic E-state index is 0.209. The topological polar surface area (TPSA) is 37.8 Å². The second-order valence-electron chi connectivity index (χ2n) is 6.27. The number of rotatable bonds is 4. The Morgan fingerprint density at radius 1 is 1.05 bits per heavy atom. The standard InChI is InChI=1S/C17H23N3/c1-13(20-16-18-10-5-11-19-16)12-14-6-8-15(9-7-14)17(2,3)4/h5-11,13H,12H2,1-4H3,(H,18,19,20). The first-order chi connectivity index (χ1) is 9.45. The van der Waals surface area contributed by atoms with Gasteiger partial charge < -0.3 is 5.32 Å². The molecule has 0 fully saturated rings. The van der Waals surface area contributed by atoms with Crippen molar-refractivity contribution in [2.24, 2.45) is 0 Å². The molecule has 20 heavy (non-hydrogen) atoms. The van der Waals surface area contributed by atoms with E-state index in [0.29, 0.717) is 12.0 Å². The van der Waals surface area contributed by atoms with E-state index in [2.05, 4.69) is 67.2 Å². The summed E-state index contributed by atoms with van der Waals surface area (Å²) >= 11 is 0. The van der Waals surface area contributed by atoms with E-state index in [1.165, 1.54) is 11.1 Å². The van der Waals surface area contributed by atoms with E-state index in [0.717, 1.165) is 6.42 Å². The number of nitrogens with zero attached hydrogens (tertiary/aromatic N) is 2. The highest BCUT2D eigenvalue weighted by molar-refractivity contribution is 5.30. The van der Waals surface area contributed by atoms with E-state index in [-0.39, 0.29) is 5.41 Å². The van der Waals surface area contributed by atoms with Gasteiger partial charge in [0, 0.05) is 18.4 Å². The Labute approximate surface area is 121 Å². The summed E-state index contributed by atoms with van der Waals surface area (Å²) in [5, 5.41) is 3.31. The lowest BCUT2D eigenvalue weighted by molar-refractivity contribution is 0.590. The van der Waals surface area contributed by atoms with Crippen molar-refractivity contribution < 1.29 is 0 Å². The van der Waals surface area contributed by atoms with Crippen molar-refractivity contribution in [1.82, 2.24) is 9.97 Å². The molecular weight excluding hydrogens is 246 g/mol. The van der Waals surface area contributed by atoms with Crippen molar-refractivity contribution in [2.75, 3.05) is 5.32 Å². The molecule has 1 aromatic heterocycles. The summed E-state index contributed by atoms with van der Waals surface area (Å²) < 4.78 is 0. The number of hydrogen-bond acceptors (Lipinski definition) is 3. The van der Waals surface area contributed by atoms with E-state index in [1.54, 1.807) is 12.4 Å². The van der Waals surface area contributed by atoms with Crippen LogP contribution in [0, 0.1) is 0 Å². The molecule has 3 nitrogen and oxygen atoms in total. The molecule has 0 aliphatic carbocycles. The number of hydrogen-bond donors (Lipinski definition) is 1. The van der Waals surface area contributed by atoms with Gasteiger partial charge in [0.1, 0.15) is 0 Å². The average Bonchev–Trinajstić information content (AvgIpc) is 2.39. The molecule has 0 radical (unpaired) electrons. The van der Waals surface area contributed by atoms with Gasteiger partial charge in [-0.2, -0.15) is 0 Å². The molecule has 106 valence electrons. The Balaban J connectivity index is 1.96. The molecule has 1 unspecified atom stereocenters. The molecule has 2 aromatic rings. The van der Waals surface area contributed by atoms with Crippen molar-refractivity contribution in [1.29, 1.82) is 0 Å². The minimum absolute atomic E-state index is 0.209. The second kappa shape index (κ2) is 6.04. The Hall–Kier alpha value is -1.90. The predicted molar refractivity (Wildman–Crippen MR) is 84.0 cm³/mol. The Morgan fingerprint density at radius 3 is 2.20 bits per heavy atom. The average molecular weight is 269 g/mol. The quantitative estimate of drug-likeness (QED) is 0.917. The third-order valence-electron chi connectivity index (χ3n) is 3.30. The van der Waals surface area contributed by atoms with Gasteiger partial charge in [0.2, 0.25) is 5.95 Å². The fourth-order valence-electron chi connectivity index (χ4n) is 2.14. The lowest BCUT2D eigenvalue weighted by Gasteiger charge is -2.20. The number of aromatic nitrogens is 2. The molecule has 1 heterocycles. The van der Waals surface area contributed by atoms with Crippen LogP contribution >= 0.6 is 0 Å². The van der Waals surface area contributed by atoms with Gasteiger partial charge in [0.15, 0.2) is 0 Å². The van der Waals surface area contributed by atoms with Crippen LogP contribution in [-0.4, -0.2) is 16.0 Å². The molecule has 0 bridgehead atoms. The first-order valence-electron chi connectivity index (χ1n) is 7.08. The summed E-state index contributed by atoms with van der Waals surface area (Å²) in [6, 6.07) is 11.0. The van der Waals surface area contributed by atoms with Crippen molar-refractivity contribution in [3.05, 3.63) is 53.9 Å². The highest BCUT2D eigenvalue weighted by Gasteiger charge is 2.13. The van der Waals surface area contributed by atoms with Gasteiger partial charge in [-0.25, -0.2) is 9.97 Å². The third kappa shape index (κ3) is 4.05. The lowest BCUT2D eigenvalue weighted by Crippen LogP contribution is -2.19. The van der Waals surface area contributed by atoms with Crippen molar-refractivity contribution >= 4 is 5.95 Å².